The number of aliphatic carboxylic acids is 1. The van der Waals surface area contributed by atoms with Gasteiger partial charge in [0.2, 0.25) is 5.91 Å². The van der Waals surface area contributed by atoms with Crippen LogP contribution in [-0.4, -0.2) is 24.1 Å². The predicted molar refractivity (Wildman–Crippen MR) is 97.1 cm³/mol. The molecule has 0 heterocycles. The Morgan fingerprint density at radius 1 is 1.14 bits per heavy atom. The number of carbonyl (C=O) groups excluding carboxylic acids is 1. The first-order chi connectivity index (χ1) is 13.1. The monoisotopic (exact) mass is 395 g/mol. The molecule has 1 amide bonds. The zero-order valence-corrected chi connectivity index (χ0v) is 15.3. The van der Waals surface area contributed by atoms with Crippen molar-refractivity contribution in [3.8, 4) is 5.75 Å². The molecular formula is C20H20F3NO4. The van der Waals surface area contributed by atoms with Gasteiger partial charge in [0, 0.05) is 11.6 Å². The Morgan fingerprint density at radius 3 is 2.32 bits per heavy atom. The minimum absolute atomic E-state index is 0.0414. The predicted octanol–water partition coefficient (Wildman–Crippen LogP) is 4.23. The second-order valence-corrected chi connectivity index (χ2v) is 6.35. The number of hydrogen-bond donors (Lipinski definition) is 2. The molecule has 0 aliphatic carbocycles. The van der Waals surface area contributed by atoms with E-state index in [1.54, 1.807) is 24.3 Å². The zero-order chi connectivity index (χ0) is 20.9. The summed E-state index contributed by atoms with van der Waals surface area (Å²) in [5.41, 5.74) is -0.238. The number of carbonyl (C=O) groups is 2. The largest absolute Gasteiger partial charge is 0.497 e. The molecule has 0 aromatic heterocycles. The number of carboxylic acid groups (broad SMARTS) is 1. The Kier molecular flexibility index (Phi) is 6.66. The van der Waals surface area contributed by atoms with E-state index in [1.807, 2.05) is 0 Å². The lowest BCUT2D eigenvalue weighted by molar-refractivity contribution is -0.145. The number of ether oxygens (including phenoxy) is 1. The highest BCUT2D eigenvalue weighted by molar-refractivity contribution is 5.95. The number of alkyl halides is 3. The maximum atomic E-state index is 12.8. The number of benzene rings is 2. The first-order valence-corrected chi connectivity index (χ1v) is 8.45. The van der Waals surface area contributed by atoms with Gasteiger partial charge in [-0.05, 0) is 42.3 Å². The van der Waals surface area contributed by atoms with E-state index in [1.165, 1.54) is 26.2 Å². The first kappa shape index (κ1) is 21.3. The normalized spacial score (nSPS) is 13.5. The smallest absolute Gasteiger partial charge is 0.416 e. The summed E-state index contributed by atoms with van der Waals surface area (Å²) in [4.78, 5) is 24.1. The fraction of sp³-hybridized carbons (Fsp3) is 0.300. The number of halogens is 3. The Hall–Kier alpha value is -3.03. The highest BCUT2D eigenvalue weighted by atomic mass is 19.4. The average Bonchev–Trinajstić information content (AvgIpc) is 2.65. The molecule has 0 radical (unpaired) electrons. The van der Waals surface area contributed by atoms with Crippen LogP contribution in [0, 0.1) is 11.8 Å². The maximum Gasteiger partial charge on any atom is 0.416 e. The molecule has 2 atom stereocenters. The van der Waals surface area contributed by atoms with Gasteiger partial charge < -0.3 is 15.2 Å². The summed E-state index contributed by atoms with van der Waals surface area (Å²) in [6.45, 7) is 1.44. The van der Waals surface area contributed by atoms with Crippen LogP contribution in [0.25, 0.3) is 0 Å². The highest BCUT2D eigenvalue weighted by Crippen LogP contribution is 2.31. The third kappa shape index (κ3) is 5.48. The van der Waals surface area contributed by atoms with Gasteiger partial charge >= 0.3 is 12.1 Å². The van der Waals surface area contributed by atoms with Crippen LogP contribution in [0.1, 0.15) is 18.1 Å². The summed E-state index contributed by atoms with van der Waals surface area (Å²) < 4.78 is 43.4. The molecule has 0 saturated heterocycles. The van der Waals surface area contributed by atoms with Crippen LogP contribution in [0.4, 0.5) is 18.9 Å². The van der Waals surface area contributed by atoms with E-state index in [2.05, 4.69) is 5.32 Å². The number of nitrogens with one attached hydrogen (secondary N) is 1. The molecule has 8 heteroatoms. The summed E-state index contributed by atoms with van der Waals surface area (Å²) in [6.07, 6.45) is -4.44. The minimum Gasteiger partial charge on any atom is -0.497 e. The van der Waals surface area contributed by atoms with Gasteiger partial charge in [0.25, 0.3) is 0 Å². The standard InChI is InChI=1S/C20H20F3NO4/c1-12(17(19(26)27)10-13-6-8-16(28-2)9-7-13)18(25)24-15-5-3-4-14(11-15)20(21,22)23/h3-9,11-12,17H,10H2,1-2H3,(H,24,25)(H,26,27). The summed E-state index contributed by atoms with van der Waals surface area (Å²) in [7, 11) is 1.51. The van der Waals surface area contributed by atoms with Crippen molar-refractivity contribution in [3.05, 3.63) is 59.7 Å². The molecule has 0 spiro atoms. The van der Waals surface area contributed by atoms with Crippen molar-refractivity contribution in [1.82, 2.24) is 0 Å². The molecule has 0 fully saturated rings. The first-order valence-electron chi connectivity index (χ1n) is 8.45. The molecule has 2 aromatic carbocycles. The number of amides is 1. The lowest BCUT2D eigenvalue weighted by Gasteiger charge is -2.20. The van der Waals surface area contributed by atoms with Gasteiger partial charge in [0.15, 0.2) is 0 Å². The molecule has 0 bridgehead atoms. The van der Waals surface area contributed by atoms with E-state index >= 15 is 0 Å². The van der Waals surface area contributed by atoms with Crippen LogP contribution in [0.15, 0.2) is 48.5 Å². The fourth-order valence-corrected chi connectivity index (χ4v) is 2.71. The topological polar surface area (TPSA) is 75.6 Å². The summed E-state index contributed by atoms with van der Waals surface area (Å²) in [5.74, 6) is -3.22. The maximum absolute atomic E-state index is 12.8. The van der Waals surface area contributed by atoms with E-state index in [-0.39, 0.29) is 12.1 Å². The Bertz CT molecular complexity index is 834. The molecule has 28 heavy (non-hydrogen) atoms. The van der Waals surface area contributed by atoms with Crippen LogP contribution >= 0.6 is 0 Å². The Labute approximate surface area is 160 Å². The van der Waals surface area contributed by atoms with Crippen LogP contribution in [0.5, 0.6) is 5.75 Å². The van der Waals surface area contributed by atoms with Crippen molar-refractivity contribution in [2.45, 2.75) is 19.5 Å². The van der Waals surface area contributed by atoms with Gasteiger partial charge in [0.1, 0.15) is 5.75 Å². The molecule has 150 valence electrons. The van der Waals surface area contributed by atoms with Crippen LogP contribution in [0.2, 0.25) is 0 Å². The van der Waals surface area contributed by atoms with Gasteiger partial charge in [-0.15, -0.1) is 0 Å². The molecule has 2 aromatic rings. The molecule has 5 nitrogen and oxygen atoms in total. The van der Waals surface area contributed by atoms with Crippen molar-refractivity contribution >= 4 is 17.6 Å². The van der Waals surface area contributed by atoms with Crippen LogP contribution in [0.3, 0.4) is 0 Å². The molecule has 2 rings (SSSR count). The van der Waals surface area contributed by atoms with Crippen LogP contribution < -0.4 is 10.1 Å². The number of methoxy groups -OCH3 is 1. The molecular weight excluding hydrogens is 375 g/mol. The van der Waals surface area contributed by atoms with E-state index < -0.39 is 35.5 Å². The van der Waals surface area contributed by atoms with E-state index in [4.69, 9.17) is 4.74 Å². The summed E-state index contributed by atoms with van der Waals surface area (Å²) >= 11 is 0. The van der Waals surface area contributed by atoms with E-state index in [0.29, 0.717) is 11.3 Å². The van der Waals surface area contributed by atoms with Crippen molar-refractivity contribution in [2.24, 2.45) is 11.8 Å². The second-order valence-electron chi connectivity index (χ2n) is 6.35. The van der Waals surface area contributed by atoms with Crippen LogP contribution in [-0.2, 0) is 22.2 Å². The second kappa shape index (κ2) is 8.77. The Balaban J connectivity index is 2.12. The number of anilines is 1. The summed E-state index contributed by atoms with van der Waals surface area (Å²) in [6, 6.07) is 11.0. The van der Waals surface area contributed by atoms with Gasteiger partial charge in [-0.1, -0.05) is 25.1 Å². The molecule has 2 N–H and O–H groups in total. The van der Waals surface area contributed by atoms with Gasteiger partial charge in [-0.2, -0.15) is 13.2 Å². The third-order valence-corrected chi connectivity index (χ3v) is 4.41. The van der Waals surface area contributed by atoms with Gasteiger partial charge in [-0.3, -0.25) is 9.59 Å². The SMILES string of the molecule is COc1ccc(CC(C(=O)O)C(C)C(=O)Nc2cccc(C(F)(F)F)c2)cc1. The molecule has 0 aliphatic rings. The number of carboxylic acids is 1. The van der Waals surface area contributed by atoms with Crippen molar-refractivity contribution in [3.63, 3.8) is 0 Å². The van der Waals surface area contributed by atoms with Gasteiger partial charge in [0.05, 0.1) is 18.6 Å². The summed E-state index contributed by atoms with van der Waals surface area (Å²) in [5, 5.41) is 11.9. The van der Waals surface area contributed by atoms with E-state index in [0.717, 1.165) is 12.1 Å². The lowest BCUT2D eigenvalue weighted by Crippen LogP contribution is -2.33. The Morgan fingerprint density at radius 2 is 1.79 bits per heavy atom. The van der Waals surface area contributed by atoms with Gasteiger partial charge in [-0.25, -0.2) is 0 Å². The molecule has 2 unspecified atom stereocenters. The molecule has 0 saturated carbocycles. The average molecular weight is 395 g/mol. The van der Waals surface area contributed by atoms with Crippen molar-refractivity contribution in [1.29, 1.82) is 0 Å². The zero-order valence-electron chi connectivity index (χ0n) is 15.3. The van der Waals surface area contributed by atoms with Crippen molar-refractivity contribution < 1.29 is 32.6 Å². The minimum atomic E-state index is -4.54. The molecule has 0 aliphatic heterocycles. The fourth-order valence-electron chi connectivity index (χ4n) is 2.71. The lowest BCUT2D eigenvalue weighted by atomic mass is 9.87. The number of hydrogen-bond acceptors (Lipinski definition) is 3. The van der Waals surface area contributed by atoms with E-state index in [9.17, 15) is 27.9 Å². The highest BCUT2D eigenvalue weighted by Gasteiger charge is 2.32. The van der Waals surface area contributed by atoms with Crippen molar-refractivity contribution in [2.75, 3.05) is 12.4 Å². The number of rotatable bonds is 7. The third-order valence-electron chi connectivity index (χ3n) is 4.41. The quantitative estimate of drug-likeness (QED) is 0.736.